The Kier molecular flexibility index (Phi) is 18.2. The summed E-state index contributed by atoms with van der Waals surface area (Å²) < 4.78 is 115. The van der Waals surface area contributed by atoms with Crippen molar-refractivity contribution in [1.82, 2.24) is 41.1 Å². The van der Waals surface area contributed by atoms with Gasteiger partial charge >= 0.3 is 31.3 Å². The summed E-state index contributed by atoms with van der Waals surface area (Å²) in [5.41, 5.74) is 28.5. The number of rotatable bonds is 23. The van der Waals surface area contributed by atoms with Crippen LogP contribution in [-0.4, -0.2) is 218 Å². The zero-order valence-corrected chi connectivity index (χ0v) is 49.0. The molecule has 24 N–H and O–H groups in total. The van der Waals surface area contributed by atoms with Crippen molar-refractivity contribution in [2.24, 2.45) is 27.2 Å². The number of nitrogen functional groups attached to an aromatic ring is 2. The van der Waals surface area contributed by atoms with E-state index in [1.54, 1.807) is 0 Å². The minimum Gasteiger partial charge on any atom is -0.390 e. The Labute approximate surface area is 493 Å². The van der Waals surface area contributed by atoms with Crippen molar-refractivity contribution in [3.8, 4) is 0 Å². The summed E-state index contributed by atoms with van der Waals surface area (Å²) in [5.74, 6) is -1.88. The van der Waals surface area contributed by atoms with Crippen LogP contribution < -0.4 is 81.5 Å². The fraction of sp³-hybridized carbons (Fsp3) is 0.675. The molecule has 0 saturated carbocycles. The summed E-state index contributed by atoms with van der Waals surface area (Å²) in [5, 5.41) is 27.1. The summed E-state index contributed by atoms with van der Waals surface area (Å²) in [6.45, 7) is -3.65. The fourth-order valence-electron chi connectivity index (χ4n) is 11.1. The van der Waals surface area contributed by atoms with Crippen LogP contribution in [0.5, 0.6) is 0 Å². The Morgan fingerprint density at radius 3 is 1.84 bits per heavy atom. The molecule has 9 aliphatic heterocycles. The zero-order chi connectivity index (χ0) is 62.9. The number of amides is 2. The third-order valence-corrected chi connectivity index (χ3v) is 18.6. The van der Waals surface area contributed by atoms with Gasteiger partial charge in [0.25, 0.3) is 11.1 Å². The number of fused-ring (bicyclic) bond motifs is 3. The molecular formula is C40H63N19O25P4. The number of pyridine rings is 1. The van der Waals surface area contributed by atoms with Crippen molar-refractivity contribution in [1.29, 1.82) is 0 Å². The number of aromatic amines is 2. The standard InChI is InChI=1S/C40H63N19O25P4/c41-22-1-13-28(35(62)49-22)46-10-57(13)25-4-16(21(80-25)9-77-88(72,73)84-17-5-26(81-20(17)7-74-85(65,66)67)59-12-48-30-33(59)53-40(45)56-37(30)64)83-87(70,71)76-8-19-15(3-23(78-19)50-31-27(42)34(61)54-38(43)51-31)82-86(68,69)75-6-18-14(60)2-24(79-18)58-11-47-29-32(58)52-39(44)55-36(29)63/h1,14-21,23-27,30-31,33,46-48,50,60H,2-12,42H2,(H,68,69)(H,70,71)(H,72,73)(H3,41,49,62)(H2,65,66,67)(H3,43,51,54,61)(H3,44,52,55,63)(H3,45,53,56,64). The molecule has 0 bridgehead atoms. The minimum atomic E-state index is -5.43. The maximum Gasteiger partial charge on any atom is 0.472 e. The van der Waals surface area contributed by atoms with Crippen molar-refractivity contribution in [2.45, 2.75) is 124 Å². The van der Waals surface area contributed by atoms with E-state index in [9.17, 15) is 67.0 Å². The smallest absolute Gasteiger partial charge is 0.390 e. The molecule has 11 rings (SSSR count). The average Bonchev–Trinajstić information content (AvgIpc) is 3.36. The number of nitrogens with one attached hydrogen (secondary N) is 8. The van der Waals surface area contributed by atoms with E-state index in [0.717, 1.165) is 0 Å². The number of phosphoric ester groups is 4. The lowest BCUT2D eigenvalue weighted by molar-refractivity contribution is -0.124. The Morgan fingerprint density at radius 2 is 1.17 bits per heavy atom. The second-order valence-corrected chi connectivity index (χ2v) is 26.5. The largest absolute Gasteiger partial charge is 0.472 e. The Hall–Kier alpha value is -5.41. The maximum atomic E-state index is 14.1. The van der Waals surface area contributed by atoms with Crippen molar-refractivity contribution in [3.63, 3.8) is 0 Å². The number of H-pyrrole nitrogens is 2. The molecule has 2 aromatic rings. The zero-order valence-electron chi connectivity index (χ0n) is 45.4. The van der Waals surface area contributed by atoms with Crippen LogP contribution >= 0.6 is 31.3 Å². The molecule has 11 heterocycles. The maximum absolute atomic E-state index is 14.1. The summed E-state index contributed by atoms with van der Waals surface area (Å²) in [6, 6.07) is -0.842. The number of phosphoric acid groups is 4. The third-order valence-electron chi connectivity index (χ3n) is 15.1. The third kappa shape index (κ3) is 14.4. The van der Waals surface area contributed by atoms with Crippen LogP contribution in [-0.2, 0) is 78.5 Å². The topological polar surface area (TPSA) is 641 Å². The Bertz CT molecular complexity index is 3410. The van der Waals surface area contributed by atoms with Gasteiger partial charge in [0.2, 0.25) is 17.8 Å². The highest BCUT2D eigenvalue weighted by Crippen LogP contribution is 2.53. The number of ether oxygens (including phenoxy) is 4. The molecule has 19 atom stereocenters. The SMILES string of the molecule is NC1=NC(NC2CC(OP(=O)(O)OCC3OC(N4CNc5c4nc(N)[nH]c5=O)CC3O)C(COP(=O)(O)OC3CC(N4CNc5c4cc(N)[nH]c5=O)OC3COP(=O)(O)OC3CC(N4CNC5C(=O)NC(N)=NC54)OC3COP(=O)(O)O)O2)C(N)C(=O)N1. The van der Waals surface area contributed by atoms with E-state index in [4.69, 9.17) is 74.8 Å². The predicted molar refractivity (Wildman–Crippen MR) is 294 cm³/mol. The number of hydrogen-bond donors (Lipinski definition) is 19. The summed E-state index contributed by atoms with van der Waals surface area (Å²) in [7, 11) is -21.2. The van der Waals surface area contributed by atoms with Gasteiger partial charge in [-0.15, -0.1) is 0 Å². The van der Waals surface area contributed by atoms with Crippen molar-refractivity contribution >= 4 is 89.7 Å². The van der Waals surface area contributed by atoms with E-state index in [1.165, 1.54) is 20.8 Å². The molecule has 2 aromatic heterocycles. The number of carbonyl (C=O) groups excluding carboxylic acids is 2. The highest BCUT2D eigenvalue weighted by atomic mass is 31.2. The van der Waals surface area contributed by atoms with Crippen LogP contribution in [0.3, 0.4) is 0 Å². The van der Waals surface area contributed by atoms with Crippen molar-refractivity contribution < 1.29 is 108 Å². The van der Waals surface area contributed by atoms with Crippen LogP contribution in [0.1, 0.15) is 25.7 Å². The van der Waals surface area contributed by atoms with Gasteiger partial charge in [-0.3, -0.25) is 77.1 Å². The first-order chi connectivity index (χ1) is 41.4. The number of nitrogens with two attached hydrogens (primary N) is 5. The van der Waals surface area contributed by atoms with Crippen LogP contribution in [0.15, 0.2) is 25.6 Å². The number of aliphatic imine (C=N–C) groups is 2. The van der Waals surface area contributed by atoms with E-state index in [0.29, 0.717) is 0 Å². The van der Waals surface area contributed by atoms with Crippen molar-refractivity contribution in [2.75, 3.05) is 78.3 Å². The molecule has 5 fully saturated rings. The molecule has 0 radical (unpaired) electrons. The molecule has 9 aliphatic rings. The monoisotopic (exact) mass is 1330 g/mol. The van der Waals surface area contributed by atoms with Gasteiger partial charge < -0.3 is 103 Å². The van der Waals surface area contributed by atoms with Gasteiger partial charge in [0.05, 0.1) is 58.2 Å². The first-order valence-electron chi connectivity index (χ1n) is 26.6. The van der Waals surface area contributed by atoms with Gasteiger partial charge in [0.15, 0.2) is 17.7 Å². The molecule has 488 valence electrons. The second kappa shape index (κ2) is 25.0. The number of anilines is 6. The highest BCUT2D eigenvalue weighted by Gasteiger charge is 2.53. The lowest BCUT2D eigenvalue weighted by Crippen LogP contribution is -2.61. The van der Waals surface area contributed by atoms with E-state index < -0.39 is 179 Å². The van der Waals surface area contributed by atoms with Crippen molar-refractivity contribution in [3.05, 3.63) is 26.8 Å². The number of aromatic nitrogens is 3. The molecular weight excluding hydrogens is 1270 g/mol. The minimum absolute atomic E-state index is 0.0287. The van der Waals surface area contributed by atoms with E-state index in [1.807, 2.05) is 0 Å². The summed E-state index contributed by atoms with van der Waals surface area (Å²) >= 11 is 0. The Balaban J connectivity index is 0.771. The lowest BCUT2D eigenvalue weighted by atomic mass is 10.1. The molecule has 48 heteroatoms. The first kappa shape index (κ1) is 64.1. The Morgan fingerprint density at radius 1 is 0.636 bits per heavy atom. The normalized spacial score (nSPS) is 35.0. The molecule has 0 aliphatic carbocycles. The number of guanidine groups is 2. The van der Waals surface area contributed by atoms with Crippen LogP contribution in [0, 0.1) is 0 Å². The quantitative estimate of drug-likeness (QED) is 0.0460. The summed E-state index contributed by atoms with van der Waals surface area (Å²) in [4.78, 5) is 125. The average molecular weight is 1330 g/mol. The van der Waals surface area contributed by atoms with Crippen LogP contribution in [0.4, 0.5) is 34.6 Å². The van der Waals surface area contributed by atoms with Crippen LogP contribution in [0.25, 0.3) is 0 Å². The van der Waals surface area contributed by atoms with E-state index >= 15 is 0 Å². The predicted octanol–water partition coefficient (Wildman–Crippen LogP) is -7.17. The van der Waals surface area contributed by atoms with Gasteiger partial charge in [0, 0.05) is 31.7 Å². The van der Waals surface area contributed by atoms with Gasteiger partial charge in [-0.25, -0.2) is 33.1 Å². The lowest BCUT2D eigenvalue weighted by Gasteiger charge is -2.30. The molecule has 5 saturated heterocycles. The first-order valence-corrected chi connectivity index (χ1v) is 32.7. The van der Waals surface area contributed by atoms with Gasteiger partial charge in [0.1, 0.15) is 109 Å². The molecule has 88 heavy (non-hydrogen) atoms. The highest BCUT2D eigenvalue weighted by molar-refractivity contribution is 7.48. The molecule has 44 nitrogen and oxygen atoms in total. The van der Waals surface area contributed by atoms with Gasteiger partial charge in [-0.2, -0.15) is 4.98 Å². The van der Waals surface area contributed by atoms with E-state index in [-0.39, 0.29) is 92.3 Å². The number of aliphatic hydroxyl groups excluding tert-OH is 1. The number of hydrogen-bond acceptors (Lipinski definition) is 35. The second-order valence-electron chi connectivity index (χ2n) is 21.1. The van der Waals surface area contributed by atoms with Crippen LogP contribution in [0.2, 0.25) is 0 Å². The van der Waals surface area contributed by atoms with E-state index in [2.05, 4.69) is 61.4 Å². The number of aliphatic hydroxyl groups is 1. The molecule has 0 aromatic carbocycles. The van der Waals surface area contributed by atoms with Gasteiger partial charge in [-0.1, -0.05) is 0 Å². The molecule has 0 spiro atoms. The number of nitrogens with zero attached hydrogens (tertiary/aromatic N) is 6. The fourth-order valence-corrected chi connectivity index (χ4v) is 14.3. The molecule has 19 unspecified atom stereocenters. The van der Waals surface area contributed by atoms with Gasteiger partial charge in [-0.05, 0) is 0 Å². The number of carbonyl (C=O) groups is 2. The summed E-state index contributed by atoms with van der Waals surface area (Å²) in [6.07, 6.45) is -19.6. The molecule has 2 amide bonds.